The van der Waals surface area contributed by atoms with Gasteiger partial charge in [0.2, 0.25) is 0 Å². The molecule has 0 bridgehead atoms. The Morgan fingerprint density at radius 3 is 2.86 bits per heavy atom. The zero-order valence-corrected chi connectivity index (χ0v) is 13.1. The van der Waals surface area contributed by atoms with Crippen LogP contribution >= 0.6 is 0 Å². The molecule has 1 atom stereocenters. The molecule has 0 spiro atoms. The molecule has 116 valence electrons. The highest BCUT2D eigenvalue weighted by atomic mass is 16.5. The third kappa shape index (κ3) is 4.72. The van der Waals surface area contributed by atoms with Gasteiger partial charge in [-0.2, -0.15) is 0 Å². The lowest BCUT2D eigenvalue weighted by Gasteiger charge is -2.16. The van der Waals surface area contributed by atoms with Crippen molar-refractivity contribution in [3.8, 4) is 0 Å². The Bertz CT molecular complexity index is 505. The molecule has 5 heteroatoms. The van der Waals surface area contributed by atoms with Gasteiger partial charge in [0.25, 0.3) is 0 Å². The van der Waals surface area contributed by atoms with Gasteiger partial charge in [-0.1, -0.05) is 0 Å². The van der Waals surface area contributed by atoms with Gasteiger partial charge in [-0.15, -0.1) is 0 Å². The predicted octanol–water partition coefficient (Wildman–Crippen LogP) is 2.90. The van der Waals surface area contributed by atoms with Gasteiger partial charge >= 0.3 is 0 Å². The molecule has 0 saturated carbocycles. The summed E-state index contributed by atoms with van der Waals surface area (Å²) < 4.78 is 13.1. The van der Waals surface area contributed by atoms with Gasteiger partial charge in [0.05, 0.1) is 12.4 Å². The molecular weight excluding hydrogens is 266 g/mol. The summed E-state index contributed by atoms with van der Waals surface area (Å²) in [5, 5.41) is 3.52. The van der Waals surface area contributed by atoms with E-state index < -0.39 is 0 Å². The van der Waals surface area contributed by atoms with E-state index in [4.69, 9.17) is 9.15 Å². The highest BCUT2D eigenvalue weighted by Crippen LogP contribution is 2.20. The Morgan fingerprint density at radius 2 is 2.24 bits per heavy atom. The van der Waals surface area contributed by atoms with Crippen LogP contribution in [0.5, 0.6) is 0 Å². The Morgan fingerprint density at radius 1 is 1.38 bits per heavy atom. The molecule has 5 nitrogen and oxygen atoms in total. The van der Waals surface area contributed by atoms with Gasteiger partial charge in [0.1, 0.15) is 17.6 Å². The summed E-state index contributed by atoms with van der Waals surface area (Å²) in [6.45, 7) is 5.84. The molecule has 1 unspecified atom stereocenters. The van der Waals surface area contributed by atoms with Gasteiger partial charge in [-0.3, -0.25) is 0 Å². The van der Waals surface area contributed by atoms with E-state index >= 15 is 0 Å². The first kappa shape index (κ1) is 15.8. The maximum atomic E-state index is 5.55. The summed E-state index contributed by atoms with van der Waals surface area (Å²) in [7, 11) is 2.00. The number of ether oxygens (including phenoxy) is 1. The average molecular weight is 291 g/mol. The smallest absolute Gasteiger partial charge is 0.133 e. The van der Waals surface area contributed by atoms with Crippen molar-refractivity contribution in [2.24, 2.45) is 7.05 Å². The number of imidazole rings is 1. The molecule has 0 fully saturated rings. The molecule has 2 aromatic heterocycles. The van der Waals surface area contributed by atoms with Crippen molar-refractivity contribution in [1.29, 1.82) is 0 Å². The summed E-state index contributed by atoms with van der Waals surface area (Å²) in [5.41, 5.74) is 0. The topological polar surface area (TPSA) is 52.2 Å². The van der Waals surface area contributed by atoms with Gasteiger partial charge < -0.3 is 19.0 Å². The first-order valence-electron chi connectivity index (χ1n) is 7.54. The normalized spacial score (nSPS) is 13.0. The summed E-state index contributed by atoms with van der Waals surface area (Å²) in [6.07, 6.45) is 7.88. The van der Waals surface area contributed by atoms with E-state index in [0.717, 1.165) is 37.6 Å². The number of furan rings is 1. The molecule has 0 amide bonds. The molecule has 0 radical (unpaired) electrons. The number of hydrogen-bond acceptors (Lipinski definition) is 4. The minimum Gasteiger partial charge on any atom is -0.467 e. The van der Waals surface area contributed by atoms with Crippen LogP contribution in [0.15, 0.2) is 35.2 Å². The fourth-order valence-corrected chi connectivity index (χ4v) is 2.22. The lowest BCUT2D eigenvalue weighted by Crippen LogP contribution is -2.26. The fourth-order valence-electron chi connectivity index (χ4n) is 2.22. The van der Waals surface area contributed by atoms with E-state index in [2.05, 4.69) is 24.1 Å². The second-order valence-electron chi connectivity index (χ2n) is 5.43. The Labute approximate surface area is 126 Å². The first-order chi connectivity index (χ1) is 10.2. The van der Waals surface area contributed by atoms with Crippen molar-refractivity contribution < 1.29 is 9.15 Å². The Kier molecular flexibility index (Phi) is 6.02. The molecule has 2 aromatic rings. The standard InChI is InChI=1S/C16H25N3O2/c1-13(2)20-11-5-4-8-17-15(14-7-6-12-21-14)16-18-9-10-19(16)3/h6-7,9-10,12-13,15,17H,4-5,8,11H2,1-3H3. The van der Waals surface area contributed by atoms with E-state index in [1.807, 2.05) is 36.1 Å². The van der Waals surface area contributed by atoms with E-state index in [0.29, 0.717) is 6.10 Å². The molecule has 2 heterocycles. The van der Waals surface area contributed by atoms with Crippen LogP contribution in [0.2, 0.25) is 0 Å². The molecule has 0 aliphatic carbocycles. The van der Waals surface area contributed by atoms with Crippen molar-refractivity contribution in [1.82, 2.24) is 14.9 Å². The quantitative estimate of drug-likeness (QED) is 0.722. The minimum atomic E-state index is -0.00832. The molecule has 0 aliphatic rings. The molecular formula is C16H25N3O2. The molecule has 0 aliphatic heterocycles. The maximum absolute atomic E-state index is 5.55. The maximum Gasteiger partial charge on any atom is 0.133 e. The van der Waals surface area contributed by atoms with Gasteiger partial charge in [0.15, 0.2) is 0 Å². The second-order valence-corrected chi connectivity index (χ2v) is 5.43. The molecule has 21 heavy (non-hydrogen) atoms. The van der Waals surface area contributed by atoms with Gasteiger partial charge in [-0.25, -0.2) is 4.98 Å². The third-order valence-corrected chi connectivity index (χ3v) is 3.32. The van der Waals surface area contributed by atoms with Crippen LogP contribution in [0.1, 0.15) is 44.3 Å². The van der Waals surface area contributed by atoms with E-state index in [-0.39, 0.29) is 6.04 Å². The summed E-state index contributed by atoms with van der Waals surface area (Å²) in [6, 6.07) is 3.88. The average Bonchev–Trinajstić information content (AvgIpc) is 3.10. The van der Waals surface area contributed by atoms with Gasteiger partial charge in [-0.05, 0) is 45.4 Å². The number of hydrogen-bond donors (Lipinski definition) is 1. The monoisotopic (exact) mass is 291 g/mol. The van der Waals surface area contributed by atoms with Crippen LogP contribution in [-0.4, -0.2) is 28.8 Å². The Balaban J connectivity index is 1.85. The van der Waals surface area contributed by atoms with E-state index in [9.17, 15) is 0 Å². The number of aromatic nitrogens is 2. The van der Waals surface area contributed by atoms with Crippen molar-refractivity contribution in [3.05, 3.63) is 42.4 Å². The van der Waals surface area contributed by atoms with Crippen molar-refractivity contribution >= 4 is 0 Å². The van der Waals surface area contributed by atoms with Gasteiger partial charge in [0, 0.05) is 26.0 Å². The van der Waals surface area contributed by atoms with Crippen LogP contribution in [-0.2, 0) is 11.8 Å². The SMILES string of the molecule is CC(C)OCCCCNC(c1ccco1)c1nccn1C. The third-order valence-electron chi connectivity index (χ3n) is 3.32. The van der Waals surface area contributed by atoms with Crippen LogP contribution in [0.4, 0.5) is 0 Å². The van der Waals surface area contributed by atoms with Crippen LogP contribution in [0.25, 0.3) is 0 Å². The highest BCUT2D eigenvalue weighted by Gasteiger charge is 2.19. The van der Waals surface area contributed by atoms with Crippen LogP contribution < -0.4 is 5.32 Å². The van der Waals surface area contributed by atoms with Crippen LogP contribution in [0, 0.1) is 0 Å². The van der Waals surface area contributed by atoms with Crippen molar-refractivity contribution in [3.63, 3.8) is 0 Å². The zero-order chi connectivity index (χ0) is 15.1. The highest BCUT2D eigenvalue weighted by molar-refractivity contribution is 5.15. The largest absolute Gasteiger partial charge is 0.467 e. The summed E-state index contributed by atoms with van der Waals surface area (Å²) >= 11 is 0. The van der Waals surface area contributed by atoms with Crippen molar-refractivity contribution in [2.45, 2.75) is 38.8 Å². The Hall–Kier alpha value is -1.59. The lowest BCUT2D eigenvalue weighted by molar-refractivity contribution is 0.0759. The minimum absolute atomic E-state index is 0.00832. The first-order valence-corrected chi connectivity index (χ1v) is 7.54. The van der Waals surface area contributed by atoms with Crippen molar-refractivity contribution in [2.75, 3.05) is 13.2 Å². The van der Waals surface area contributed by atoms with Crippen LogP contribution in [0.3, 0.4) is 0 Å². The number of rotatable bonds is 9. The predicted molar refractivity (Wildman–Crippen MR) is 82.1 cm³/mol. The molecule has 0 saturated heterocycles. The van der Waals surface area contributed by atoms with E-state index in [1.165, 1.54) is 0 Å². The number of aryl methyl sites for hydroxylation is 1. The zero-order valence-electron chi connectivity index (χ0n) is 13.1. The summed E-state index contributed by atoms with van der Waals surface area (Å²) in [4.78, 5) is 4.43. The number of nitrogens with zero attached hydrogens (tertiary/aromatic N) is 2. The molecule has 0 aromatic carbocycles. The lowest BCUT2D eigenvalue weighted by atomic mass is 10.2. The summed E-state index contributed by atoms with van der Waals surface area (Å²) in [5.74, 6) is 1.85. The second kappa shape index (κ2) is 8.00. The number of nitrogens with one attached hydrogen (secondary N) is 1. The number of unbranched alkanes of at least 4 members (excludes halogenated alkanes) is 1. The fraction of sp³-hybridized carbons (Fsp3) is 0.562. The molecule has 2 rings (SSSR count). The molecule has 1 N–H and O–H groups in total. The van der Waals surface area contributed by atoms with E-state index in [1.54, 1.807) is 6.26 Å².